The van der Waals surface area contributed by atoms with E-state index in [0.717, 1.165) is 37.3 Å². The van der Waals surface area contributed by atoms with Crippen LogP contribution in [0.5, 0.6) is 0 Å². The summed E-state index contributed by atoms with van der Waals surface area (Å²) in [6.45, 7) is 1.66. The molecule has 0 bridgehead atoms. The zero-order valence-electron chi connectivity index (χ0n) is 29.0. The van der Waals surface area contributed by atoms with Gasteiger partial charge in [0.05, 0.1) is 12.1 Å². The highest BCUT2D eigenvalue weighted by Gasteiger charge is 2.42. The van der Waals surface area contributed by atoms with E-state index in [0.29, 0.717) is 31.3 Å². The van der Waals surface area contributed by atoms with Crippen molar-refractivity contribution in [1.82, 2.24) is 20.9 Å². The second-order valence-electron chi connectivity index (χ2n) is 13.0. The number of amides is 4. The average Bonchev–Trinajstić information content (AvgIpc) is 3.73. The number of rotatable bonds is 18. The third-order valence-electron chi connectivity index (χ3n) is 9.55. The first-order chi connectivity index (χ1) is 25.0. The smallest absolute Gasteiger partial charge is 0.315 e. The Balaban J connectivity index is 1.06. The van der Waals surface area contributed by atoms with Crippen LogP contribution in [0.2, 0.25) is 0 Å². The molecule has 2 heterocycles. The summed E-state index contributed by atoms with van der Waals surface area (Å²) in [4.78, 5) is 40.5. The Labute approximate surface area is 309 Å². The van der Waals surface area contributed by atoms with Gasteiger partial charge in [0.15, 0.2) is 0 Å². The number of benzene rings is 4. The van der Waals surface area contributed by atoms with E-state index in [-0.39, 0.29) is 36.3 Å². The standard InChI is InChI=1S/C41H48N4O3P2S/c46-38(24-14-13-23-37-40-36(31-51-37)43-41(48)44-40)42-26-25-39(47)45(27-29-49(32-15-5-1-6-16-32)33-17-7-2-8-18-33)28-30-50(34-19-9-3-10-20-34)35-21-11-4-12-22-35/h1-12,15-22,36-37,40H,13-14,23-31H2,(H,42,46)(H2,43,44,48)/t36-,37-,40-/m0/s1. The maximum Gasteiger partial charge on any atom is 0.315 e. The van der Waals surface area contributed by atoms with Gasteiger partial charge in [0.25, 0.3) is 0 Å². The summed E-state index contributed by atoms with van der Waals surface area (Å²) < 4.78 is 0. The molecule has 0 radical (unpaired) electrons. The van der Waals surface area contributed by atoms with E-state index in [1.165, 1.54) is 21.2 Å². The van der Waals surface area contributed by atoms with Crippen LogP contribution in [-0.2, 0) is 9.59 Å². The van der Waals surface area contributed by atoms with E-state index < -0.39 is 15.8 Å². The van der Waals surface area contributed by atoms with Crippen molar-refractivity contribution in [2.45, 2.75) is 49.4 Å². The SMILES string of the molecule is O=C(CCCC[C@@H]1SC[C@@H]2NC(=O)N[C@@H]21)NCCC(=O)N(CCP(c1ccccc1)c1ccccc1)CCP(c1ccccc1)c1ccccc1. The second kappa shape index (κ2) is 19.2. The molecule has 2 saturated heterocycles. The minimum absolute atomic E-state index is 0.00418. The maximum absolute atomic E-state index is 14.0. The van der Waals surface area contributed by atoms with Crippen LogP contribution in [0.4, 0.5) is 4.79 Å². The Morgan fingerprint density at radius 1 is 0.686 bits per heavy atom. The highest BCUT2D eigenvalue weighted by atomic mass is 32.2. The zero-order valence-corrected chi connectivity index (χ0v) is 31.6. The van der Waals surface area contributed by atoms with Crippen molar-refractivity contribution in [1.29, 1.82) is 0 Å². The van der Waals surface area contributed by atoms with Gasteiger partial charge in [0.1, 0.15) is 0 Å². The van der Waals surface area contributed by atoms with Gasteiger partial charge in [0.2, 0.25) is 11.8 Å². The minimum atomic E-state index is -0.647. The number of thioether (sulfide) groups is 1. The van der Waals surface area contributed by atoms with E-state index >= 15 is 0 Å². The Bertz CT molecular complexity index is 1520. The second-order valence-corrected chi connectivity index (χ2v) is 18.9. The van der Waals surface area contributed by atoms with Gasteiger partial charge in [-0.05, 0) is 62.2 Å². The van der Waals surface area contributed by atoms with Gasteiger partial charge in [-0.3, -0.25) is 9.59 Å². The lowest BCUT2D eigenvalue weighted by atomic mass is 10.0. The number of nitrogens with one attached hydrogen (secondary N) is 3. The van der Waals surface area contributed by atoms with Crippen LogP contribution in [0.3, 0.4) is 0 Å². The fourth-order valence-corrected chi connectivity index (χ4v) is 13.1. The highest BCUT2D eigenvalue weighted by molar-refractivity contribution is 8.00. The van der Waals surface area contributed by atoms with Gasteiger partial charge in [-0.15, -0.1) is 0 Å². The van der Waals surface area contributed by atoms with Crippen molar-refractivity contribution in [2.75, 3.05) is 37.7 Å². The first kappa shape index (κ1) is 37.1. The minimum Gasteiger partial charge on any atom is -0.356 e. The Morgan fingerprint density at radius 2 is 1.18 bits per heavy atom. The summed E-state index contributed by atoms with van der Waals surface area (Å²) in [5.41, 5.74) is 0. The van der Waals surface area contributed by atoms with Crippen molar-refractivity contribution >= 4 is 66.7 Å². The summed E-state index contributed by atoms with van der Waals surface area (Å²) >= 11 is 1.90. The van der Waals surface area contributed by atoms with Gasteiger partial charge >= 0.3 is 6.03 Å². The van der Waals surface area contributed by atoms with Gasteiger partial charge in [-0.1, -0.05) is 128 Å². The van der Waals surface area contributed by atoms with Gasteiger partial charge in [0, 0.05) is 43.5 Å². The number of nitrogens with zero attached hydrogens (tertiary/aromatic N) is 1. The molecule has 0 aromatic heterocycles. The number of unbranched alkanes of at least 4 members (excludes halogenated alkanes) is 1. The summed E-state index contributed by atoms with van der Waals surface area (Å²) in [6.07, 6.45) is 5.19. The molecule has 4 amide bonds. The van der Waals surface area contributed by atoms with Crippen molar-refractivity contribution in [3.8, 4) is 0 Å². The summed E-state index contributed by atoms with van der Waals surface area (Å²) in [6, 6.07) is 43.0. The molecule has 266 valence electrons. The first-order valence-corrected chi connectivity index (χ1v) is 22.1. The summed E-state index contributed by atoms with van der Waals surface area (Å²) in [7, 11) is -1.29. The van der Waals surface area contributed by atoms with Crippen molar-refractivity contribution < 1.29 is 14.4 Å². The molecule has 7 nitrogen and oxygen atoms in total. The summed E-state index contributed by atoms with van der Waals surface area (Å²) in [5.74, 6) is 1.03. The number of hydrogen-bond donors (Lipinski definition) is 3. The predicted octanol–water partition coefficient (Wildman–Crippen LogP) is 5.31. The van der Waals surface area contributed by atoms with Crippen molar-refractivity contribution in [3.63, 3.8) is 0 Å². The summed E-state index contributed by atoms with van der Waals surface area (Å²) in [5, 5.41) is 14.7. The Morgan fingerprint density at radius 3 is 1.67 bits per heavy atom. The third-order valence-corrected chi connectivity index (χ3v) is 16.0. The van der Waals surface area contributed by atoms with Crippen LogP contribution >= 0.6 is 27.6 Å². The van der Waals surface area contributed by atoms with E-state index in [1.807, 2.05) is 11.8 Å². The molecule has 51 heavy (non-hydrogen) atoms. The lowest BCUT2D eigenvalue weighted by Crippen LogP contribution is -2.39. The lowest BCUT2D eigenvalue weighted by molar-refractivity contribution is -0.130. The van der Waals surface area contributed by atoms with Gasteiger partial charge in [-0.2, -0.15) is 11.8 Å². The number of hydrogen-bond acceptors (Lipinski definition) is 4. The van der Waals surface area contributed by atoms with Crippen LogP contribution in [0.25, 0.3) is 0 Å². The van der Waals surface area contributed by atoms with Crippen LogP contribution in [-0.4, -0.2) is 77.8 Å². The normalized spacial score (nSPS) is 17.9. The number of carbonyl (C=O) groups is 3. The molecule has 3 atom stereocenters. The molecule has 10 heteroatoms. The monoisotopic (exact) mass is 738 g/mol. The molecule has 3 N–H and O–H groups in total. The van der Waals surface area contributed by atoms with Crippen LogP contribution < -0.4 is 37.2 Å². The molecule has 4 aromatic rings. The fraction of sp³-hybridized carbons (Fsp3) is 0.341. The largest absolute Gasteiger partial charge is 0.356 e. The quantitative estimate of drug-likeness (QED) is 0.0734. The zero-order chi connectivity index (χ0) is 35.3. The van der Waals surface area contributed by atoms with Crippen LogP contribution in [0.15, 0.2) is 121 Å². The number of urea groups is 1. The molecular formula is C41H48N4O3P2S. The fourth-order valence-electron chi connectivity index (χ4n) is 6.88. The predicted molar refractivity (Wildman–Crippen MR) is 216 cm³/mol. The first-order valence-electron chi connectivity index (χ1n) is 18.0. The molecule has 4 aromatic carbocycles. The number of carbonyl (C=O) groups excluding carboxylic acids is 3. The molecule has 0 unspecified atom stereocenters. The van der Waals surface area contributed by atoms with Crippen LogP contribution in [0.1, 0.15) is 32.1 Å². The van der Waals surface area contributed by atoms with E-state index in [9.17, 15) is 14.4 Å². The molecule has 0 saturated carbocycles. The van der Waals surface area contributed by atoms with Crippen molar-refractivity contribution in [3.05, 3.63) is 121 Å². The van der Waals surface area contributed by atoms with E-state index in [1.54, 1.807) is 0 Å². The van der Waals surface area contributed by atoms with Gasteiger partial charge < -0.3 is 20.9 Å². The Kier molecular flexibility index (Phi) is 14.0. The van der Waals surface area contributed by atoms with E-state index in [4.69, 9.17) is 0 Å². The average molecular weight is 739 g/mol. The van der Waals surface area contributed by atoms with E-state index in [2.05, 4.69) is 142 Å². The molecule has 2 aliphatic heterocycles. The lowest BCUT2D eigenvalue weighted by Gasteiger charge is -2.28. The topological polar surface area (TPSA) is 90.5 Å². The molecule has 6 rings (SSSR count). The molecule has 2 aliphatic rings. The van der Waals surface area contributed by atoms with Crippen LogP contribution in [0, 0.1) is 0 Å². The van der Waals surface area contributed by atoms with Crippen molar-refractivity contribution in [2.24, 2.45) is 0 Å². The molecule has 2 fully saturated rings. The highest BCUT2D eigenvalue weighted by Crippen LogP contribution is 2.36. The maximum atomic E-state index is 14.0. The molecule has 0 spiro atoms. The third kappa shape index (κ3) is 10.7. The Hall–Kier alpha value is -3.70. The van der Waals surface area contributed by atoms with Gasteiger partial charge in [-0.25, -0.2) is 4.79 Å². The molecule has 0 aliphatic carbocycles. The number of fused-ring (bicyclic) bond motifs is 1. The molecular weight excluding hydrogens is 690 g/mol.